The molecule has 0 saturated heterocycles. The van der Waals surface area contributed by atoms with Crippen molar-refractivity contribution in [1.29, 1.82) is 0 Å². The van der Waals surface area contributed by atoms with Crippen molar-refractivity contribution in [2.45, 2.75) is 217 Å². The molecule has 0 aromatic carbocycles. The normalized spacial score (nSPS) is 14.0. The van der Waals surface area contributed by atoms with Gasteiger partial charge in [-0.15, -0.1) is 0 Å². The van der Waals surface area contributed by atoms with Gasteiger partial charge in [-0.05, 0) is 124 Å². The molecule has 0 bridgehead atoms. The lowest BCUT2D eigenvalue weighted by molar-refractivity contribution is -0.137. The molecule has 0 saturated carbocycles. The number of hydrogen-bond donors (Lipinski definition) is 5. The third-order valence-corrected chi connectivity index (χ3v) is 9.61. The van der Waals surface area contributed by atoms with Crippen molar-refractivity contribution >= 4 is 5.97 Å². The Balaban J connectivity index is -0.000000400. The SMILES string of the molecule is C=C(OC(C)=O)C(CCCC(N)O)CC(C)C.CC.CCCCC.CCO.C\C=C/C=C\C=C\CC([C@@H](C)NOCOCCC)N(C)C(O)CCC/C=C\C/C=C\C/C=C\C/C=C\C/C=C\CC. The summed E-state index contributed by atoms with van der Waals surface area (Å²) >= 11 is 0. The highest BCUT2D eigenvalue weighted by molar-refractivity contribution is 5.67. The fraction of sp³-hybridized carbons (Fsp3) is 0.672. The number of allylic oxidation sites excluding steroid dienone is 16. The molecule has 0 amide bonds. The van der Waals surface area contributed by atoms with Crippen LogP contribution in [-0.2, 0) is 19.1 Å². The van der Waals surface area contributed by atoms with Gasteiger partial charge in [-0.25, -0.2) is 0 Å². The van der Waals surface area contributed by atoms with Crippen LogP contribution in [0.5, 0.6) is 0 Å². The molecule has 0 fully saturated rings. The molecule has 10 nitrogen and oxygen atoms in total. The second-order valence-corrected chi connectivity index (χ2v) is 16.6. The van der Waals surface area contributed by atoms with Crippen LogP contribution in [0, 0.1) is 11.8 Å². The topological polar surface area (TPSA) is 147 Å². The summed E-state index contributed by atoms with van der Waals surface area (Å²) in [7, 11) is 1.99. The monoisotopic (exact) mass is 960 g/mol. The number of carbonyl (C=O) groups is 1. The average Bonchev–Trinajstić information content (AvgIpc) is 3.30. The van der Waals surface area contributed by atoms with E-state index in [2.05, 4.69) is 127 Å². The van der Waals surface area contributed by atoms with E-state index in [-0.39, 0.29) is 37.4 Å². The van der Waals surface area contributed by atoms with Gasteiger partial charge in [-0.3, -0.25) is 14.5 Å². The van der Waals surface area contributed by atoms with Crippen molar-refractivity contribution in [3.05, 3.63) is 110 Å². The van der Waals surface area contributed by atoms with Crippen LogP contribution < -0.4 is 11.2 Å². The fourth-order valence-electron chi connectivity index (χ4n) is 6.13. The number of nitrogens with two attached hydrogens (primary N) is 1. The Bertz CT molecular complexity index is 1280. The quantitative estimate of drug-likeness (QED) is 0.00782. The molecule has 0 aromatic rings. The number of likely N-dealkylation sites (N-methyl/N-ethyl adjacent to an activating group) is 1. The standard InChI is InChI=1S/C36H60N2O3.C13H25NO3.C5H12.C2H6O.C2H6/c1-6-9-11-13-15-16-17-18-19-20-21-22-23-24-25-27-29-31-36(39)38(5)35(30-28-26-14-12-10-7-2)34(4)37-41-33-40-32-8-3;1-9(2)8-12(6-5-7-13(14)16)10(3)17-11(4)15;1-3-5-4-2;1-2-3;1-2/h7,9-12,14-16,18-19,21-22,24-26,28,34-37,39H,6,8,13,17,20,23,27,29-33H2,1-5H3;9,12-13,16H,3,5-8,14H2,1-2,4H3;3-5H2,1-2H3;3H,2H2,1H3;1-2H3/b10-7-,11-9-,14-12-,16-15-,19-18-,22-21-,25-24-,28-26+;;;;/t34-,35?,36?;;;;/m1..../s1. The predicted octanol–water partition coefficient (Wildman–Crippen LogP) is 14.3. The molecule has 0 heterocycles. The second kappa shape index (κ2) is 61.8. The Morgan fingerprint density at radius 3 is 1.72 bits per heavy atom. The summed E-state index contributed by atoms with van der Waals surface area (Å²) in [6.45, 7) is 29.0. The van der Waals surface area contributed by atoms with Gasteiger partial charge in [0.25, 0.3) is 0 Å². The molecule has 5 atom stereocenters. The Labute approximate surface area is 420 Å². The van der Waals surface area contributed by atoms with Crippen LogP contribution in [0.2, 0.25) is 0 Å². The number of carbonyl (C=O) groups excluding carboxylic acids is 1. The maximum Gasteiger partial charge on any atom is 0.307 e. The van der Waals surface area contributed by atoms with Crippen LogP contribution in [-0.4, -0.2) is 77.8 Å². The number of aliphatic hydroxyl groups excluding tert-OH is 3. The first-order chi connectivity index (χ1) is 32.7. The van der Waals surface area contributed by atoms with Crippen molar-refractivity contribution < 1.29 is 34.4 Å². The van der Waals surface area contributed by atoms with Crippen LogP contribution in [0.4, 0.5) is 0 Å². The van der Waals surface area contributed by atoms with Crippen molar-refractivity contribution in [3.8, 4) is 0 Å². The Morgan fingerprint density at radius 1 is 0.735 bits per heavy atom. The molecule has 0 rings (SSSR count). The lowest BCUT2D eigenvalue weighted by atomic mass is 9.91. The van der Waals surface area contributed by atoms with Gasteiger partial charge < -0.3 is 30.5 Å². The minimum Gasteiger partial charge on any atom is -0.432 e. The molecular formula is C58H109N3O7. The molecule has 0 radical (unpaired) electrons. The summed E-state index contributed by atoms with van der Waals surface area (Å²) in [6.07, 6.45) is 49.7. The van der Waals surface area contributed by atoms with E-state index in [9.17, 15) is 9.90 Å². The largest absolute Gasteiger partial charge is 0.432 e. The molecule has 6 N–H and O–H groups in total. The zero-order valence-corrected chi connectivity index (χ0v) is 46.1. The average molecular weight is 961 g/mol. The van der Waals surface area contributed by atoms with Crippen LogP contribution in [0.15, 0.2) is 110 Å². The third kappa shape index (κ3) is 60.8. The van der Waals surface area contributed by atoms with Crippen molar-refractivity contribution in [1.82, 2.24) is 10.4 Å². The van der Waals surface area contributed by atoms with E-state index in [4.69, 9.17) is 30.3 Å². The highest BCUT2D eigenvalue weighted by Crippen LogP contribution is 2.26. The van der Waals surface area contributed by atoms with E-state index < -0.39 is 12.5 Å². The van der Waals surface area contributed by atoms with Gasteiger partial charge in [-0.2, -0.15) is 5.48 Å². The van der Waals surface area contributed by atoms with Gasteiger partial charge in [0.2, 0.25) is 0 Å². The number of esters is 1. The number of nitrogens with one attached hydrogen (secondary N) is 1. The number of hydroxylamine groups is 1. The molecule has 4 unspecified atom stereocenters. The van der Waals surface area contributed by atoms with Crippen molar-refractivity contribution in [3.63, 3.8) is 0 Å². The first-order valence-electron chi connectivity index (χ1n) is 26.2. The molecule has 0 aromatic heterocycles. The van der Waals surface area contributed by atoms with E-state index in [0.717, 1.165) is 83.5 Å². The predicted molar refractivity (Wildman–Crippen MR) is 296 cm³/mol. The van der Waals surface area contributed by atoms with Gasteiger partial charge in [0, 0.05) is 38.1 Å². The van der Waals surface area contributed by atoms with E-state index >= 15 is 0 Å². The number of aliphatic hydroxyl groups is 3. The number of rotatable bonds is 36. The van der Waals surface area contributed by atoms with E-state index in [0.29, 0.717) is 24.7 Å². The molecule has 10 heteroatoms. The molecule has 0 aliphatic heterocycles. The molecule has 398 valence electrons. The van der Waals surface area contributed by atoms with Crippen molar-refractivity contribution in [2.24, 2.45) is 17.6 Å². The first kappa shape index (κ1) is 73.8. The van der Waals surface area contributed by atoms with E-state index in [1.54, 1.807) is 6.92 Å². The third-order valence-electron chi connectivity index (χ3n) is 9.61. The van der Waals surface area contributed by atoms with Crippen LogP contribution >= 0.6 is 0 Å². The van der Waals surface area contributed by atoms with Gasteiger partial charge in [0.1, 0.15) is 18.2 Å². The highest BCUT2D eigenvalue weighted by Gasteiger charge is 2.25. The maximum atomic E-state index is 10.9. The lowest BCUT2D eigenvalue weighted by Gasteiger charge is -2.35. The smallest absolute Gasteiger partial charge is 0.307 e. The maximum absolute atomic E-state index is 10.9. The van der Waals surface area contributed by atoms with Crippen LogP contribution in [0.3, 0.4) is 0 Å². The molecule has 0 aliphatic carbocycles. The summed E-state index contributed by atoms with van der Waals surface area (Å²) in [5.74, 6) is 0.855. The molecule has 0 aliphatic rings. The lowest BCUT2D eigenvalue weighted by Crippen LogP contribution is -2.50. The zero-order valence-electron chi connectivity index (χ0n) is 46.1. The van der Waals surface area contributed by atoms with Gasteiger partial charge >= 0.3 is 5.97 Å². The first-order valence-corrected chi connectivity index (χ1v) is 26.2. The minimum atomic E-state index is -0.767. The summed E-state index contributed by atoms with van der Waals surface area (Å²) in [5.41, 5.74) is 8.38. The molecule has 68 heavy (non-hydrogen) atoms. The van der Waals surface area contributed by atoms with E-state index in [1.165, 1.54) is 26.2 Å². The molecular weight excluding hydrogens is 851 g/mol. The summed E-state index contributed by atoms with van der Waals surface area (Å²) < 4.78 is 10.4. The Hall–Kier alpha value is -3.19. The highest BCUT2D eigenvalue weighted by atomic mass is 16.8. The fourth-order valence-corrected chi connectivity index (χ4v) is 6.13. The number of unbranched alkanes of at least 4 members (excludes halogenated alkanes) is 3. The van der Waals surface area contributed by atoms with E-state index in [1.807, 2.05) is 63.1 Å². The van der Waals surface area contributed by atoms with Gasteiger partial charge in [0.15, 0.2) is 6.79 Å². The van der Waals surface area contributed by atoms with Crippen LogP contribution in [0.25, 0.3) is 0 Å². The Morgan fingerprint density at radius 2 is 1.26 bits per heavy atom. The number of nitrogens with zero attached hydrogens (tertiary/aromatic N) is 1. The summed E-state index contributed by atoms with van der Waals surface area (Å²) in [6, 6.07) is 0.0752. The van der Waals surface area contributed by atoms with Crippen molar-refractivity contribution in [2.75, 3.05) is 27.1 Å². The Kier molecular flexibility index (Phi) is 67.1. The van der Waals surface area contributed by atoms with Gasteiger partial charge in [-0.1, -0.05) is 178 Å². The summed E-state index contributed by atoms with van der Waals surface area (Å²) in [5, 5.41) is 27.5. The minimum absolute atomic E-state index is 0.00927. The van der Waals surface area contributed by atoms with Crippen LogP contribution in [0.1, 0.15) is 192 Å². The second-order valence-electron chi connectivity index (χ2n) is 16.6. The summed E-state index contributed by atoms with van der Waals surface area (Å²) in [4.78, 5) is 18.4. The number of hydrogen-bond acceptors (Lipinski definition) is 10. The number of ether oxygens (including phenoxy) is 2. The zero-order chi connectivity index (χ0) is 52.5. The van der Waals surface area contributed by atoms with Gasteiger partial charge in [0.05, 0.1) is 0 Å². The molecule has 0 spiro atoms.